The molecule has 20 heavy (non-hydrogen) atoms. The quantitative estimate of drug-likeness (QED) is 0.868. The van der Waals surface area contributed by atoms with Gasteiger partial charge in [-0.2, -0.15) is 4.98 Å². The fourth-order valence-electron chi connectivity index (χ4n) is 1.82. The second kappa shape index (κ2) is 6.29. The van der Waals surface area contributed by atoms with E-state index in [-0.39, 0.29) is 6.42 Å². The minimum atomic E-state index is -0.817. The van der Waals surface area contributed by atoms with Gasteiger partial charge in [-0.1, -0.05) is 28.9 Å². The van der Waals surface area contributed by atoms with E-state index >= 15 is 0 Å². The van der Waals surface area contributed by atoms with E-state index in [0.29, 0.717) is 24.8 Å². The minimum Gasteiger partial charge on any atom is -0.481 e. The number of carboxylic acid groups (broad SMARTS) is 1. The summed E-state index contributed by atoms with van der Waals surface area (Å²) in [7, 11) is 1.82. The van der Waals surface area contributed by atoms with Gasteiger partial charge in [0.2, 0.25) is 11.7 Å². The zero-order valence-corrected chi connectivity index (χ0v) is 11.5. The molecule has 2 rings (SSSR count). The molecule has 0 saturated carbocycles. The number of carboxylic acids is 1. The number of aryl methyl sites for hydroxylation is 1. The topological polar surface area (TPSA) is 79.5 Å². The van der Waals surface area contributed by atoms with Crippen molar-refractivity contribution in [1.82, 2.24) is 15.0 Å². The van der Waals surface area contributed by atoms with Gasteiger partial charge in [0.05, 0.1) is 13.0 Å². The van der Waals surface area contributed by atoms with E-state index in [1.807, 2.05) is 43.1 Å². The Bertz CT molecular complexity index is 595. The van der Waals surface area contributed by atoms with Gasteiger partial charge in [0.15, 0.2) is 0 Å². The maximum Gasteiger partial charge on any atom is 0.304 e. The van der Waals surface area contributed by atoms with Gasteiger partial charge < -0.3 is 9.63 Å². The lowest BCUT2D eigenvalue weighted by atomic mass is 10.1. The van der Waals surface area contributed by atoms with Crippen LogP contribution in [0.4, 0.5) is 0 Å². The summed E-state index contributed by atoms with van der Waals surface area (Å²) in [6.07, 6.45) is 0.0926. The van der Waals surface area contributed by atoms with Crippen LogP contribution in [-0.2, 0) is 11.3 Å². The molecule has 1 heterocycles. The van der Waals surface area contributed by atoms with Crippen LogP contribution in [0.25, 0.3) is 11.4 Å². The molecular weight excluding hydrogens is 258 g/mol. The SMILES string of the molecule is Cc1cccc(-c2noc(CN(C)CCC(=O)O)n2)c1. The molecule has 0 unspecified atom stereocenters. The van der Waals surface area contributed by atoms with Crippen molar-refractivity contribution < 1.29 is 14.4 Å². The molecule has 0 aliphatic heterocycles. The highest BCUT2D eigenvalue weighted by Gasteiger charge is 2.11. The molecule has 1 aromatic heterocycles. The summed E-state index contributed by atoms with van der Waals surface area (Å²) < 4.78 is 5.19. The van der Waals surface area contributed by atoms with E-state index in [1.54, 1.807) is 0 Å². The molecule has 0 spiro atoms. The molecule has 0 amide bonds. The monoisotopic (exact) mass is 275 g/mol. The molecule has 0 radical (unpaired) electrons. The summed E-state index contributed by atoms with van der Waals surface area (Å²) in [4.78, 5) is 16.7. The number of hydrogen-bond donors (Lipinski definition) is 1. The number of benzene rings is 1. The third-order valence-corrected chi connectivity index (χ3v) is 2.86. The smallest absolute Gasteiger partial charge is 0.304 e. The Morgan fingerprint density at radius 3 is 2.95 bits per heavy atom. The third kappa shape index (κ3) is 3.89. The number of hydrogen-bond acceptors (Lipinski definition) is 5. The van der Waals surface area contributed by atoms with Crippen molar-refractivity contribution in [1.29, 1.82) is 0 Å². The van der Waals surface area contributed by atoms with Crippen molar-refractivity contribution in [3.63, 3.8) is 0 Å². The first-order valence-electron chi connectivity index (χ1n) is 6.34. The first-order chi connectivity index (χ1) is 9.54. The van der Waals surface area contributed by atoms with Crippen LogP contribution in [-0.4, -0.2) is 39.7 Å². The molecule has 2 aromatic rings. The Labute approximate surface area is 117 Å². The highest BCUT2D eigenvalue weighted by Crippen LogP contribution is 2.17. The molecule has 0 aliphatic carbocycles. The summed E-state index contributed by atoms with van der Waals surface area (Å²) in [5.74, 6) is 0.215. The predicted octanol–water partition coefficient (Wildman–Crippen LogP) is 1.95. The summed E-state index contributed by atoms with van der Waals surface area (Å²) in [6.45, 7) is 2.88. The van der Waals surface area contributed by atoms with Crippen LogP contribution < -0.4 is 0 Å². The van der Waals surface area contributed by atoms with Crippen LogP contribution in [0.1, 0.15) is 17.9 Å². The molecule has 0 saturated heterocycles. The molecule has 0 atom stereocenters. The molecular formula is C14H17N3O3. The van der Waals surface area contributed by atoms with E-state index in [9.17, 15) is 4.79 Å². The van der Waals surface area contributed by atoms with Crippen LogP contribution in [0.2, 0.25) is 0 Å². The largest absolute Gasteiger partial charge is 0.481 e. The number of aliphatic carboxylic acids is 1. The van der Waals surface area contributed by atoms with Crippen molar-refractivity contribution in [3.05, 3.63) is 35.7 Å². The fraction of sp³-hybridized carbons (Fsp3) is 0.357. The Morgan fingerprint density at radius 1 is 1.45 bits per heavy atom. The highest BCUT2D eigenvalue weighted by atomic mass is 16.5. The number of carbonyl (C=O) groups is 1. The summed E-state index contributed by atoms with van der Waals surface area (Å²) in [5.41, 5.74) is 2.04. The van der Waals surface area contributed by atoms with Crippen molar-refractivity contribution >= 4 is 5.97 Å². The lowest BCUT2D eigenvalue weighted by Gasteiger charge is -2.11. The lowest BCUT2D eigenvalue weighted by Crippen LogP contribution is -2.21. The van der Waals surface area contributed by atoms with Gasteiger partial charge in [0.25, 0.3) is 0 Å². The van der Waals surface area contributed by atoms with Gasteiger partial charge in [0.1, 0.15) is 0 Å². The standard InChI is InChI=1S/C14H17N3O3/c1-10-4-3-5-11(8-10)14-15-12(20-16-14)9-17(2)7-6-13(18)19/h3-5,8H,6-7,9H2,1-2H3,(H,18,19). The summed E-state index contributed by atoms with van der Waals surface area (Å²) in [6, 6.07) is 7.86. The van der Waals surface area contributed by atoms with E-state index in [2.05, 4.69) is 10.1 Å². The molecule has 106 valence electrons. The fourth-order valence-corrected chi connectivity index (χ4v) is 1.82. The van der Waals surface area contributed by atoms with Crippen molar-refractivity contribution in [2.75, 3.05) is 13.6 Å². The zero-order chi connectivity index (χ0) is 14.5. The van der Waals surface area contributed by atoms with Crippen molar-refractivity contribution in [2.24, 2.45) is 0 Å². The number of rotatable bonds is 6. The van der Waals surface area contributed by atoms with E-state index in [1.165, 1.54) is 0 Å². The predicted molar refractivity (Wildman–Crippen MR) is 73.1 cm³/mol. The molecule has 0 aliphatic rings. The van der Waals surface area contributed by atoms with Crippen LogP contribution in [0.5, 0.6) is 0 Å². The second-order valence-electron chi connectivity index (χ2n) is 4.76. The van der Waals surface area contributed by atoms with Crippen LogP contribution >= 0.6 is 0 Å². The average molecular weight is 275 g/mol. The summed E-state index contributed by atoms with van der Waals surface area (Å²) >= 11 is 0. The Morgan fingerprint density at radius 2 is 2.25 bits per heavy atom. The highest BCUT2D eigenvalue weighted by molar-refractivity contribution is 5.66. The second-order valence-corrected chi connectivity index (χ2v) is 4.76. The molecule has 6 nitrogen and oxygen atoms in total. The van der Waals surface area contributed by atoms with Gasteiger partial charge in [0, 0.05) is 12.1 Å². The van der Waals surface area contributed by atoms with Crippen LogP contribution in [0.15, 0.2) is 28.8 Å². The molecule has 0 bridgehead atoms. The van der Waals surface area contributed by atoms with E-state index in [4.69, 9.17) is 9.63 Å². The van der Waals surface area contributed by atoms with Gasteiger partial charge in [-0.05, 0) is 20.0 Å². The summed E-state index contributed by atoms with van der Waals surface area (Å²) in [5, 5.41) is 12.6. The van der Waals surface area contributed by atoms with E-state index in [0.717, 1.165) is 11.1 Å². The number of nitrogens with zero attached hydrogens (tertiary/aromatic N) is 3. The normalized spacial score (nSPS) is 10.9. The number of aromatic nitrogens is 2. The Kier molecular flexibility index (Phi) is 4.47. The Hall–Kier alpha value is -2.21. The average Bonchev–Trinajstić information content (AvgIpc) is 2.85. The maximum atomic E-state index is 10.5. The van der Waals surface area contributed by atoms with Gasteiger partial charge in [-0.3, -0.25) is 9.69 Å². The molecule has 1 N–H and O–H groups in total. The molecule has 6 heteroatoms. The van der Waals surface area contributed by atoms with Gasteiger partial charge in [-0.15, -0.1) is 0 Å². The van der Waals surface area contributed by atoms with Crippen LogP contribution in [0, 0.1) is 6.92 Å². The Balaban J connectivity index is 2.00. The first-order valence-corrected chi connectivity index (χ1v) is 6.34. The van der Waals surface area contributed by atoms with E-state index < -0.39 is 5.97 Å². The first kappa shape index (κ1) is 14.2. The maximum absolute atomic E-state index is 10.5. The van der Waals surface area contributed by atoms with Crippen molar-refractivity contribution in [2.45, 2.75) is 19.9 Å². The molecule has 0 fully saturated rings. The van der Waals surface area contributed by atoms with Gasteiger partial charge >= 0.3 is 5.97 Å². The van der Waals surface area contributed by atoms with Gasteiger partial charge in [-0.25, -0.2) is 0 Å². The molecule has 1 aromatic carbocycles. The minimum absolute atomic E-state index is 0.0926. The third-order valence-electron chi connectivity index (χ3n) is 2.86. The zero-order valence-electron chi connectivity index (χ0n) is 11.5. The van der Waals surface area contributed by atoms with Crippen molar-refractivity contribution in [3.8, 4) is 11.4 Å². The lowest BCUT2D eigenvalue weighted by molar-refractivity contribution is -0.137. The van der Waals surface area contributed by atoms with Crippen LogP contribution in [0.3, 0.4) is 0 Å².